The van der Waals surface area contributed by atoms with Gasteiger partial charge in [0.1, 0.15) is 11.9 Å². The van der Waals surface area contributed by atoms with E-state index >= 15 is 0 Å². The number of rotatable bonds is 4. The predicted molar refractivity (Wildman–Crippen MR) is 72.6 cm³/mol. The van der Waals surface area contributed by atoms with Gasteiger partial charge in [0.15, 0.2) is 0 Å². The third kappa shape index (κ3) is 2.39. The van der Waals surface area contributed by atoms with Crippen molar-refractivity contribution in [3.8, 4) is 5.75 Å². The van der Waals surface area contributed by atoms with Gasteiger partial charge in [0.05, 0.1) is 24.0 Å². The Balaban J connectivity index is 2.38. The minimum atomic E-state index is -0.781. The van der Waals surface area contributed by atoms with E-state index in [1.165, 1.54) is 11.3 Å². The Morgan fingerprint density at radius 1 is 1.50 bits per heavy atom. The van der Waals surface area contributed by atoms with Crippen LogP contribution in [0.25, 0.3) is 0 Å². The van der Waals surface area contributed by atoms with Gasteiger partial charge in [-0.1, -0.05) is 11.6 Å². The summed E-state index contributed by atoms with van der Waals surface area (Å²) in [5.41, 5.74) is 0.621. The molecule has 1 atom stereocenters. The van der Waals surface area contributed by atoms with Gasteiger partial charge in [-0.15, -0.1) is 11.3 Å². The van der Waals surface area contributed by atoms with Crippen LogP contribution in [0.2, 0.25) is 5.02 Å². The number of aliphatic hydroxyl groups is 1. The molecule has 2 heterocycles. The number of nitrogens with zero attached hydrogens (tertiary/aromatic N) is 2. The lowest BCUT2D eigenvalue weighted by Crippen LogP contribution is -2.11. The van der Waals surface area contributed by atoms with Crippen molar-refractivity contribution in [2.24, 2.45) is 0 Å². The Morgan fingerprint density at radius 2 is 2.22 bits per heavy atom. The van der Waals surface area contributed by atoms with Gasteiger partial charge in [-0.3, -0.25) is 4.68 Å². The molecule has 0 bridgehead atoms. The van der Waals surface area contributed by atoms with Crippen LogP contribution in [0.4, 0.5) is 0 Å². The molecule has 0 aromatic carbocycles. The lowest BCUT2D eigenvalue weighted by Gasteiger charge is -2.15. The second kappa shape index (κ2) is 5.30. The lowest BCUT2D eigenvalue weighted by molar-refractivity contribution is 0.208. The number of hydrogen-bond acceptors (Lipinski definition) is 4. The zero-order chi connectivity index (χ0) is 13.3. The fourth-order valence-corrected chi connectivity index (χ4v) is 2.81. The van der Waals surface area contributed by atoms with Gasteiger partial charge >= 0.3 is 0 Å². The number of halogens is 1. The largest absolute Gasteiger partial charge is 0.496 e. The van der Waals surface area contributed by atoms with E-state index in [0.29, 0.717) is 10.7 Å². The first-order valence-electron chi connectivity index (χ1n) is 5.58. The highest BCUT2D eigenvalue weighted by molar-refractivity contribution is 7.10. The SMILES string of the molecule is COc1csc(C(O)c2c(Cl)cnn2C(C)C)c1. The van der Waals surface area contributed by atoms with E-state index in [1.54, 1.807) is 18.0 Å². The number of aliphatic hydroxyl groups excluding tert-OH is 1. The average molecular weight is 287 g/mol. The molecule has 0 amide bonds. The first-order valence-corrected chi connectivity index (χ1v) is 6.83. The Morgan fingerprint density at radius 3 is 2.78 bits per heavy atom. The molecule has 0 saturated heterocycles. The maximum Gasteiger partial charge on any atom is 0.131 e. The van der Waals surface area contributed by atoms with Crippen molar-refractivity contribution < 1.29 is 9.84 Å². The number of hydrogen-bond donors (Lipinski definition) is 1. The van der Waals surface area contributed by atoms with E-state index in [2.05, 4.69) is 5.10 Å². The Hall–Kier alpha value is -1.04. The van der Waals surface area contributed by atoms with Gasteiger partial charge in [-0.25, -0.2) is 0 Å². The zero-order valence-corrected chi connectivity index (χ0v) is 12.0. The molecule has 0 aliphatic carbocycles. The zero-order valence-electron chi connectivity index (χ0n) is 10.4. The molecule has 2 aromatic heterocycles. The summed E-state index contributed by atoms with van der Waals surface area (Å²) in [5, 5.41) is 16.9. The molecule has 2 rings (SSSR count). The van der Waals surface area contributed by atoms with Gasteiger partial charge in [-0.2, -0.15) is 5.10 Å². The highest BCUT2D eigenvalue weighted by Gasteiger charge is 2.22. The van der Waals surface area contributed by atoms with Crippen LogP contribution in [-0.2, 0) is 0 Å². The molecular formula is C12H15ClN2O2S. The van der Waals surface area contributed by atoms with E-state index in [-0.39, 0.29) is 6.04 Å². The third-order valence-electron chi connectivity index (χ3n) is 2.64. The molecule has 0 spiro atoms. The van der Waals surface area contributed by atoms with E-state index in [9.17, 15) is 5.11 Å². The first-order chi connectivity index (χ1) is 8.54. The summed E-state index contributed by atoms with van der Waals surface area (Å²) >= 11 is 7.54. The number of thiophene rings is 1. The summed E-state index contributed by atoms with van der Waals surface area (Å²) in [6, 6.07) is 1.95. The van der Waals surface area contributed by atoms with Crippen molar-refractivity contribution in [3.63, 3.8) is 0 Å². The van der Waals surface area contributed by atoms with Gasteiger partial charge in [0, 0.05) is 16.3 Å². The summed E-state index contributed by atoms with van der Waals surface area (Å²) in [7, 11) is 1.60. The smallest absolute Gasteiger partial charge is 0.131 e. The summed E-state index contributed by atoms with van der Waals surface area (Å²) in [6.07, 6.45) is 0.779. The van der Waals surface area contributed by atoms with Gasteiger partial charge in [0.25, 0.3) is 0 Å². The molecule has 0 radical (unpaired) electrons. The fraction of sp³-hybridized carbons (Fsp3) is 0.417. The Kier molecular flexibility index (Phi) is 3.94. The molecule has 18 heavy (non-hydrogen) atoms. The van der Waals surface area contributed by atoms with Crippen LogP contribution < -0.4 is 4.74 Å². The Bertz CT molecular complexity index is 536. The molecule has 0 aliphatic heterocycles. The van der Waals surface area contributed by atoms with E-state index in [1.807, 2.05) is 25.3 Å². The lowest BCUT2D eigenvalue weighted by atomic mass is 10.2. The standard InChI is InChI=1S/C12H15ClN2O2S/c1-7(2)15-11(9(13)5-14-15)12(16)10-4-8(17-3)6-18-10/h4-7,12,16H,1-3H3. The summed E-state index contributed by atoms with van der Waals surface area (Å²) in [5.74, 6) is 0.737. The maximum atomic E-state index is 10.4. The fourth-order valence-electron chi connectivity index (χ4n) is 1.74. The van der Waals surface area contributed by atoms with Crippen LogP contribution in [-0.4, -0.2) is 22.0 Å². The molecule has 4 nitrogen and oxygen atoms in total. The van der Waals surface area contributed by atoms with Crippen molar-refractivity contribution in [1.29, 1.82) is 0 Å². The molecule has 98 valence electrons. The molecular weight excluding hydrogens is 272 g/mol. The van der Waals surface area contributed by atoms with E-state index in [4.69, 9.17) is 16.3 Å². The first kappa shape index (κ1) is 13.4. The topological polar surface area (TPSA) is 47.3 Å². The minimum absolute atomic E-state index is 0.143. The second-order valence-electron chi connectivity index (χ2n) is 4.21. The van der Waals surface area contributed by atoms with Crippen LogP contribution in [0.15, 0.2) is 17.6 Å². The monoisotopic (exact) mass is 286 g/mol. The Labute approximate surface area is 115 Å². The van der Waals surface area contributed by atoms with Crippen LogP contribution in [0.1, 0.15) is 36.6 Å². The van der Waals surface area contributed by atoms with E-state index in [0.717, 1.165) is 10.6 Å². The van der Waals surface area contributed by atoms with Crippen molar-refractivity contribution in [1.82, 2.24) is 9.78 Å². The van der Waals surface area contributed by atoms with E-state index < -0.39 is 6.10 Å². The quantitative estimate of drug-likeness (QED) is 0.938. The van der Waals surface area contributed by atoms with Crippen LogP contribution in [0.3, 0.4) is 0 Å². The summed E-state index contributed by atoms with van der Waals surface area (Å²) in [6.45, 7) is 3.99. The van der Waals surface area contributed by atoms with Gasteiger partial charge in [0.2, 0.25) is 0 Å². The molecule has 1 unspecified atom stereocenters. The maximum absolute atomic E-state index is 10.4. The van der Waals surface area contributed by atoms with Crippen LogP contribution in [0, 0.1) is 0 Å². The van der Waals surface area contributed by atoms with Crippen molar-refractivity contribution >= 4 is 22.9 Å². The van der Waals surface area contributed by atoms with Crippen molar-refractivity contribution in [2.45, 2.75) is 26.0 Å². The van der Waals surface area contributed by atoms with Crippen molar-refractivity contribution in [2.75, 3.05) is 7.11 Å². The van der Waals surface area contributed by atoms with Gasteiger partial charge in [-0.05, 0) is 19.9 Å². The van der Waals surface area contributed by atoms with Crippen molar-refractivity contribution in [3.05, 3.63) is 33.2 Å². The minimum Gasteiger partial charge on any atom is -0.496 e. The van der Waals surface area contributed by atoms with Gasteiger partial charge < -0.3 is 9.84 Å². The molecule has 0 fully saturated rings. The molecule has 2 aromatic rings. The molecule has 0 aliphatic rings. The molecule has 1 N–H and O–H groups in total. The number of ether oxygens (including phenoxy) is 1. The number of methoxy groups -OCH3 is 1. The molecule has 0 saturated carbocycles. The third-order valence-corrected chi connectivity index (χ3v) is 3.89. The highest BCUT2D eigenvalue weighted by Crippen LogP contribution is 2.34. The highest BCUT2D eigenvalue weighted by atomic mass is 35.5. The second-order valence-corrected chi connectivity index (χ2v) is 5.56. The average Bonchev–Trinajstić information content (AvgIpc) is 2.94. The normalized spacial score (nSPS) is 13.0. The molecule has 6 heteroatoms. The summed E-state index contributed by atoms with van der Waals surface area (Å²) < 4.78 is 6.85. The predicted octanol–water partition coefficient (Wildman–Crippen LogP) is 3.27. The van der Waals surface area contributed by atoms with Crippen LogP contribution >= 0.6 is 22.9 Å². The summed E-state index contributed by atoms with van der Waals surface area (Å²) in [4.78, 5) is 0.788. The number of aromatic nitrogens is 2. The van der Waals surface area contributed by atoms with Crippen LogP contribution in [0.5, 0.6) is 5.75 Å².